The van der Waals surface area contributed by atoms with Gasteiger partial charge in [-0.25, -0.2) is 0 Å². The van der Waals surface area contributed by atoms with Crippen LogP contribution in [-0.4, -0.2) is 25.0 Å². The number of aryl methyl sites for hydroxylation is 2. The second kappa shape index (κ2) is 11.5. The number of rotatable bonds is 7. The SMILES string of the molecule is CCc1cc(CP)c(-c2cc(B3OC(C)(C)C(C)(C)O3)cc(-c3c(C)cc(P)cc3CP)c2)c(PC)c1. The zero-order valence-electron chi connectivity index (χ0n) is 23.3. The quantitative estimate of drug-likeness (QED) is 0.244. The Morgan fingerprint density at radius 2 is 1.38 bits per heavy atom. The molecule has 4 atom stereocenters. The molecule has 4 unspecified atom stereocenters. The van der Waals surface area contributed by atoms with Gasteiger partial charge < -0.3 is 9.31 Å². The van der Waals surface area contributed by atoms with Crippen molar-refractivity contribution in [1.29, 1.82) is 0 Å². The van der Waals surface area contributed by atoms with E-state index in [4.69, 9.17) is 9.31 Å². The van der Waals surface area contributed by atoms with E-state index in [9.17, 15) is 0 Å². The minimum absolute atomic E-state index is 0.389. The van der Waals surface area contributed by atoms with Crippen molar-refractivity contribution in [2.75, 3.05) is 6.66 Å². The zero-order chi connectivity index (χ0) is 27.1. The maximum atomic E-state index is 6.56. The van der Waals surface area contributed by atoms with Crippen molar-refractivity contribution in [2.45, 2.75) is 71.5 Å². The molecule has 1 heterocycles. The number of hydrogen-bond acceptors (Lipinski definition) is 2. The van der Waals surface area contributed by atoms with Gasteiger partial charge in [-0.1, -0.05) is 51.9 Å². The van der Waals surface area contributed by atoms with Crippen molar-refractivity contribution in [3.05, 3.63) is 64.7 Å². The highest BCUT2D eigenvalue weighted by Crippen LogP contribution is 2.39. The Morgan fingerprint density at radius 1 is 0.811 bits per heavy atom. The fourth-order valence-corrected chi connectivity index (χ4v) is 7.17. The van der Waals surface area contributed by atoms with E-state index in [2.05, 4.69) is 118 Å². The predicted molar refractivity (Wildman–Crippen MR) is 177 cm³/mol. The summed E-state index contributed by atoms with van der Waals surface area (Å²) in [6.07, 6.45) is 2.87. The standard InChI is InChI=1S/C30H41BO2P4/c1-8-19-10-22(16-34)28(26(11-19)37-7)21-12-20(27-18(2)9-25(36)15-23(27)17-35)13-24(14-21)31-32-29(3,4)30(5,6)33-31/h9-15,37H,8,16-17,34-36H2,1-7H3. The normalized spacial score (nSPS) is 16.8. The van der Waals surface area contributed by atoms with Gasteiger partial charge in [0.2, 0.25) is 0 Å². The van der Waals surface area contributed by atoms with Crippen molar-refractivity contribution < 1.29 is 9.31 Å². The van der Waals surface area contributed by atoms with E-state index in [1.807, 2.05) is 0 Å². The molecule has 3 aromatic carbocycles. The third-order valence-corrected chi connectivity index (χ3v) is 10.0. The molecule has 0 saturated carbocycles. The first-order chi connectivity index (χ1) is 17.4. The van der Waals surface area contributed by atoms with Gasteiger partial charge in [0.25, 0.3) is 0 Å². The lowest BCUT2D eigenvalue weighted by Crippen LogP contribution is -2.41. The summed E-state index contributed by atoms with van der Waals surface area (Å²) in [5.41, 5.74) is 10.8. The Labute approximate surface area is 233 Å². The van der Waals surface area contributed by atoms with Crippen LogP contribution < -0.4 is 16.1 Å². The molecule has 0 amide bonds. The van der Waals surface area contributed by atoms with E-state index in [-0.39, 0.29) is 11.2 Å². The fraction of sp³-hybridized carbons (Fsp3) is 0.400. The van der Waals surface area contributed by atoms with Gasteiger partial charge in [0.05, 0.1) is 11.2 Å². The first-order valence-electron chi connectivity index (χ1n) is 13.1. The molecular weight excluding hydrogens is 527 g/mol. The lowest BCUT2D eigenvalue weighted by atomic mass is 9.75. The monoisotopic (exact) mass is 568 g/mol. The Balaban J connectivity index is 2.01. The fourth-order valence-electron chi connectivity index (χ4n) is 5.19. The molecule has 1 fully saturated rings. The van der Waals surface area contributed by atoms with Crippen molar-refractivity contribution >= 4 is 59.5 Å². The average molecular weight is 568 g/mol. The molecule has 0 N–H and O–H groups in total. The predicted octanol–water partition coefficient (Wildman–Crippen LogP) is 6.37. The highest BCUT2D eigenvalue weighted by Gasteiger charge is 2.51. The van der Waals surface area contributed by atoms with E-state index < -0.39 is 7.12 Å². The molecular formula is C30H41BO2P4. The van der Waals surface area contributed by atoms with Crippen molar-refractivity contribution in [1.82, 2.24) is 0 Å². The Hall–Kier alpha value is -0.635. The van der Waals surface area contributed by atoms with Crippen LogP contribution >= 0.6 is 36.3 Å². The second-order valence-corrected chi connectivity index (χ2v) is 13.5. The minimum atomic E-state index is -0.411. The summed E-state index contributed by atoms with van der Waals surface area (Å²) in [6, 6.07) is 16.3. The molecule has 3 aromatic rings. The maximum absolute atomic E-state index is 6.56. The smallest absolute Gasteiger partial charge is 0.399 e. The number of hydrogen-bond donors (Lipinski definition) is 0. The highest BCUT2D eigenvalue weighted by atomic mass is 31.1. The molecule has 0 aromatic heterocycles. The number of benzene rings is 3. The van der Waals surface area contributed by atoms with Crippen LogP contribution in [0.4, 0.5) is 0 Å². The molecule has 0 radical (unpaired) electrons. The molecule has 0 bridgehead atoms. The first-order valence-corrected chi connectivity index (χ1v) is 16.8. The first kappa shape index (κ1) is 29.4. The van der Waals surface area contributed by atoms with Gasteiger partial charge in [0.15, 0.2) is 0 Å². The summed E-state index contributed by atoms with van der Waals surface area (Å²) in [7, 11) is 9.03. The topological polar surface area (TPSA) is 18.5 Å². The van der Waals surface area contributed by atoms with Crippen LogP contribution in [0.5, 0.6) is 0 Å². The Kier molecular flexibility index (Phi) is 9.09. The Bertz CT molecular complexity index is 1280. The molecule has 7 heteroatoms. The van der Waals surface area contributed by atoms with Crippen LogP contribution in [0.3, 0.4) is 0 Å². The van der Waals surface area contributed by atoms with E-state index in [1.165, 1.54) is 55.1 Å². The molecule has 1 aliphatic rings. The van der Waals surface area contributed by atoms with E-state index in [0.29, 0.717) is 0 Å². The van der Waals surface area contributed by atoms with Gasteiger partial charge in [-0.15, -0.1) is 27.7 Å². The molecule has 1 saturated heterocycles. The van der Waals surface area contributed by atoms with Crippen molar-refractivity contribution in [3.8, 4) is 22.3 Å². The lowest BCUT2D eigenvalue weighted by Gasteiger charge is -2.32. The third-order valence-electron chi connectivity index (χ3n) is 7.89. The summed E-state index contributed by atoms with van der Waals surface area (Å²) in [5, 5.41) is 2.65. The van der Waals surface area contributed by atoms with Gasteiger partial charge in [-0.2, -0.15) is 0 Å². The largest absolute Gasteiger partial charge is 0.494 e. The van der Waals surface area contributed by atoms with Crippen LogP contribution in [0.25, 0.3) is 22.3 Å². The molecule has 4 rings (SSSR count). The summed E-state index contributed by atoms with van der Waals surface area (Å²) < 4.78 is 13.1. The van der Waals surface area contributed by atoms with E-state index in [0.717, 1.165) is 32.8 Å². The summed E-state index contributed by atoms with van der Waals surface area (Å²) in [5.74, 6) is 0. The van der Waals surface area contributed by atoms with Crippen LogP contribution in [0.2, 0.25) is 0 Å². The summed E-state index contributed by atoms with van der Waals surface area (Å²) >= 11 is 0. The molecule has 0 spiro atoms. The zero-order valence-corrected chi connectivity index (χ0v) is 27.8. The van der Waals surface area contributed by atoms with Crippen LogP contribution in [0, 0.1) is 6.92 Å². The average Bonchev–Trinajstić information content (AvgIpc) is 3.08. The highest BCUT2D eigenvalue weighted by molar-refractivity contribution is 7.46. The molecule has 196 valence electrons. The Morgan fingerprint density at radius 3 is 1.92 bits per heavy atom. The molecule has 2 nitrogen and oxygen atoms in total. The van der Waals surface area contributed by atoms with Crippen molar-refractivity contribution in [2.24, 2.45) is 0 Å². The minimum Gasteiger partial charge on any atom is -0.399 e. The van der Waals surface area contributed by atoms with Crippen molar-refractivity contribution in [3.63, 3.8) is 0 Å². The van der Waals surface area contributed by atoms with Gasteiger partial charge in [0, 0.05) is 0 Å². The van der Waals surface area contributed by atoms with Gasteiger partial charge in [-0.3, -0.25) is 0 Å². The lowest BCUT2D eigenvalue weighted by molar-refractivity contribution is 0.00578. The van der Waals surface area contributed by atoms with Gasteiger partial charge in [0.1, 0.15) is 0 Å². The third kappa shape index (κ3) is 5.80. The van der Waals surface area contributed by atoms with Gasteiger partial charge >= 0.3 is 7.12 Å². The molecule has 1 aliphatic heterocycles. The van der Waals surface area contributed by atoms with Crippen LogP contribution in [0.15, 0.2) is 42.5 Å². The summed E-state index contributed by atoms with van der Waals surface area (Å²) in [4.78, 5) is 0. The van der Waals surface area contributed by atoms with Crippen LogP contribution in [-0.2, 0) is 28.1 Å². The van der Waals surface area contributed by atoms with Gasteiger partial charge in [-0.05, 0) is 127 Å². The second-order valence-electron chi connectivity index (χ2n) is 11.0. The van der Waals surface area contributed by atoms with E-state index in [1.54, 1.807) is 0 Å². The summed E-state index contributed by atoms with van der Waals surface area (Å²) in [6.45, 7) is 15.2. The molecule has 37 heavy (non-hydrogen) atoms. The van der Waals surface area contributed by atoms with E-state index >= 15 is 0 Å². The van der Waals surface area contributed by atoms with Crippen LogP contribution in [0.1, 0.15) is 56.9 Å². The maximum Gasteiger partial charge on any atom is 0.494 e. The molecule has 0 aliphatic carbocycles.